The molecule has 0 bridgehead atoms. The summed E-state index contributed by atoms with van der Waals surface area (Å²) in [5.74, 6) is 1.11. The molecule has 1 aliphatic heterocycles. The van der Waals surface area contributed by atoms with Crippen LogP contribution < -0.4 is 11.1 Å². The molecule has 6 heteroatoms. The van der Waals surface area contributed by atoms with Gasteiger partial charge in [-0.3, -0.25) is 4.99 Å². The summed E-state index contributed by atoms with van der Waals surface area (Å²) in [5, 5.41) is 3.08. The molecule has 1 aromatic carbocycles. The molecule has 23 heavy (non-hydrogen) atoms. The highest BCUT2D eigenvalue weighted by molar-refractivity contribution is 14.0. The van der Waals surface area contributed by atoms with E-state index in [2.05, 4.69) is 17.2 Å². The molecule has 3 N–H and O–H groups in total. The molecule has 0 atom stereocenters. The van der Waals surface area contributed by atoms with Gasteiger partial charge in [0.05, 0.1) is 0 Å². The SMILES string of the molecule is Cc1ccc(NC(N)=NCCCOCC2CCOCC2)cc1.I. The van der Waals surface area contributed by atoms with Gasteiger partial charge >= 0.3 is 0 Å². The van der Waals surface area contributed by atoms with Gasteiger partial charge in [0.1, 0.15) is 0 Å². The third-order valence-electron chi connectivity index (χ3n) is 3.75. The fraction of sp³-hybridized carbons (Fsp3) is 0.588. The maximum absolute atomic E-state index is 5.86. The first-order valence-corrected chi connectivity index (χ1v) is 8.03. The maximum atomic E-state index is 5.86. The van der Waals surface area contributed by atoms with Gasteiger partial charge in [-0.2, -0.15) is 0 Å². The normalized spacial score (nSPS) is 16.0. The topological polar surface area (TPSA) is 68.9 Å². The van der Waals surface area contributed by atoms with E-state index in [0.29, 0.717) is 18.4 Å². The monoisotopic (exact) mass is 433 g/mol. The van der Waals surface area contributed by atoms with E-state index >= 15 is 0 Å². The van der Waals surface area contributed by atoms with E-state index in [1.165, 1.54) is 5.56 Å². The molecule has 1 heterocycles. The van der Waals surface area contributed by atoms with E-state index in [0.717, 1.165) is 51.4 Å². The fourth-order valence-corrected chi connectivity index (χ4v) is 2.35. The van der Waals surface area contributed by atoms with E-state index in [1.807, 2.05) is 24.3 Å². The van der Waals surface area contributed by atoms with Crippen LogP contribution in [0.1, 0.15) is 24.8 Å². The number of hydrogen-bond donors (Lipinski definition) is 2. The Balaban J connectivity index is 0.00000264. The summed E-state index contributed by atoms with van der Waals surface area (Å²) in [4.78, 5) is 4.31. The number of rotatable bonds is 7. The van der Waals surface area contributed by atoms with E-state index < -0.39 is 0 Å². The summed E-state index contributed by atoms with van der Waals surface area (Å²) >= 11 is 0. The predicted octanol–water partition coefficient (Wildman–Crippen LogP) is 3.17. The molecule has 1 saturated heterocycles. The molecule has 0 aromatic heterocycles. The van der Waals surface area contributed by atoms with Gasteiger partial charge in [-0.1, -0.05) is 17.7 Å². The molecule has 0 radical (unpaired) electrons. The van der Waals surface area contributed by atoms with E-state index in [9.17, 15) is 0 Å². The quantitative estimate of drug-likeness (QED) is 0.300. The Morgan fingerprint density at radius 2 is 2.00 bits per heavy atom. The largest absolute Gasteiger partial charge is 0.381 e. The van der Waals surface area contributed by atoms with Crippen molar-refractivity contribution in [2.24, 2.45) is 16.6 Å². The molecular weight excluding hydrogens is 405 g/mol. The number of benzene rings is 1. The van der Waals surface area contributed by atoms with Gasteiger partial charge in [-0.05, 0) is 44.2 Å². The lowest BCUT2D eigenvalue weighted by Crippen LogP contribution is -2.23. The van der Waals surface area contributed by atoms with Gasteiger partial charge in [-0.15, -0.1) is 24.0 Å². The van der Waals surface area contributed by atoms with Crippen molar-refractivity contribution in [1.29, 1.82) is 0 Å². The van der Waals surface area contributed by atoms with Crippen LogP contribution in [0.25, 0.3) is 0 Å². The minimum absolute atomic E-state index is 0. The highest BCUT2D eigenvalue weighted by Crippen LogP contribution is 2.14. The average molecular weight is 433 g/mol. The van der Waals surface area contributed by atoms with Crippen LogP contribution in [0.4, 0.5) is 5.69 Å². The number of guanidine groups is 1. The number of nitrogens with zero attached hydrogens (tertiary/aromatic N) is 1. The lowest BCUT2D eigenvalue weighted by molar-refractivity contribution is 0.0205. The second kappa shape index (κ2) is 11.6. The highest BCUT2D eigenvalue weighted by Gasteiger charge is 2.13. The van der Waals surface area contributed by atoms with Crippen LogP contribution in [0.15, 0.2) is 29.3 Å². The van der Waals surface area contributed by atoms with Gasteiger partial charge in [0.2, 0.25) is 0 Å². The zero-order valence-electron chi connectivity index (χ0n) is 13.8. The van der Waals surface area contributed by atoms with Crippen LogP contribution in [0.5, 0.6) is 0 Å². The molecule has 1 fully saturated rings. The first-order chi connectivity index (χ1) is 10.7. The molecule has 1 aliphatic rings. The van der Waals surface area contributed by atoms with Crippen LogP contribution in [0.2, 0.25) is 0 Å². The van der Waals surface area contributed by atoms with Gasteiger partial charge in [0.25, 0.3) is 0 Å². The molecule has 0 saturated carbocycles. The van der Waals surface area contributed by atoms with Crippen molar-refractivity contribution < 1.29 is 9.47 Å². The minimum Gasteiger partial charge on any atom is -0.381 e. The van der Waals surface area contributed by atoms with Gasteiger partial charge in [-0.25, -0.2) is 0 Å². The summed E-state index contributed by atoms with van der Waals surface area (Å²) in [6, 6.07) is 8.07. The highest BCUT2D eigenvalue weighted by atomic mass is 127. The van der Waals surface area contributed by atoms with Gasteiger partial charge < -0.3 is 20.5 Å². The van der Waals surface area contributed by atoms with Crippen molar-refractivity contribution in [3.8, 4) is 0 Å². The first kappa shape index (κ1) is 20.2. The fourth-order valence-electron chi connectivity index (χ4n) is 2.35. The Morgan fingerprint density at radius 3 is 2.70 bits per heavy atom. The number of nitrogens with one attached hydrogen (secondary N) is 1. The second-order valence-corrected chi connectivity index (χ2v) is 5.74. The smallest absolute Gasteiger partial charge is 0.193 e. The van der Waals surface area contributed by atoms with Crippen molar-refractivity contribution in [1.82, 2.24) is 0 Å². The van der Waals surface area contributed by atoms with Crippen LogP contribution >= 0.6 is 24.0 Å². The summed E-state index contributed by atoms with van der Waals surface area (Å²) in [6.07, 6.45) is 3.12. The van der Waals surface area contributed by atoms with Crippen molar-refractivity contribution in [2.45, 2.75) is 26.2 Å². The van der Waals surface area contributed by atoms with Crippen LogP contribution in [0, 0.1) is 12.8 Å². The number of nitrogens with two attached hydrogens (primary N) is 1. The number of aliphatic imine (C=N–C) groups is 1. The maximum Gasteiger partial charge on any atom is 0.193 e. The van der Waals surface area contributed by atoms with Crippen LogP contribution in [-0.4, -0.2) is 38.9 Å². The van der Waals surface area contributed by atoms with Crippen molar-refractivity contribution in [3.05, 3.63) is 29.8 Å². The number of aryl methyl sites for hydroxylation is 1. The summed E-state index contributed by atoms with van der Waals surface area (Å²) < 4.78 is 11.0. The molecule has 0 unspecified atom stereocenters. The Labute approximate surface area is 156 Å². The molecule has 0 spiro atoms. The number of halogens is 1. The van der Waals surface area contributed by atoms with E-state index in [4.69, 9.17) is 15.2 Å². The zero-order valence-corrected chi connectivity index (χ0v) is 16.1. The predicted molar refractivity (Wildman–Crippen MR) is 106 cm³/mol. The van der Waals surface area contributed by atoms with Gasteiger partial charge in [0.15, 0.2) is 5.96 Å². The third kappa shape index (κ3) is 8.53. The third-order valence-corrected chi connectivity index (χ3v) is 3.75. The number of ether oxygens (including phenoxy) is 2. The van der Waals surface area contributed by atoms with E-state index in [1.54, 1.807) is 0 Å². The van der Waals surface area contributed by atoms with E-state index in [-0.39, 0.29) is 24.0 Å². The van der Waals surface area contributed by atoms with Crippen molar-refractivity contribution >= 4 is 35.6 Å². The Morgan fingerprint density at radius 1 is 1.30 bits per heavy atom. The molecule has 130 valence electrons. The molecule has 1 aromatic rings. The summed E-state index contributed by atoms with van der Waals surface area (Å²) in [6.45, 7) is 6.06. The lowest BCUT2D eigenvalue weighted by Gasteiger charge is -2.21. The number of anilines is 1. The Hall–Kier alpha value is -0.860. The molecule has 2 rings (SSSR count). The number of hydrogen-bond acceptors (Lipinski definition) is 3. The first-order valence-electron chi connectivity index (χ1n) is 8.03. The van der Waals surface area contributed by atoms with Crippen molar-refractivity contribution in [2.75, 3.05) is 38.3 Å². The molecular formula is C17H28IN3O2. The summed E-state index contributed by atoms with van der Waals surface area (Å²) in [5.41, 5.74) is 8.05. The second-order valence-electron chi connectivity index (χ2n) is 5.74. The van der Waals surface area contributed by atoms with Crippen LogP contribution in [-0.2, 0) is 9.47 Å². The average Bonchev–Trinajstić information content (AvgIpc) is 2.54. The van der Waals surface area contributed by atoms with Gasteiger partial charge in [0, 0.05) is 38.7 Å². The summed E-state index contributed by atoms with van der Waals surface area (Å²) in [7, 11) is 0. The lowest BCUT2D eigenvalue weighted by atomic mass is 10.0. The standard InChI is InChI=1S/C17H27N3O2.HI/c1-14-3-5-16(6-4-14)20-17(18)19-9-2-10-22-13-15-7-11-21-12-8-15;/h3-6,15H,2,7-13H2,1H3,(H3,18,19,20);1H. The minimum atomic E-state index is 0. The zero-order chi connectivity index (χ0) is 15.6. The van der Waals surface area contributed by atoms with Crippen molar-refractivity contribution in [3.63, 3.8) is 0 Å². The van der Waals surface area contributed by atoms with Crippen LogP contribution in [0.3, 0.4) is 0 Å². The Kier molecular flexibility index (Phi) is 10.2. The Bertz CT molecular complexity index is 459. The molecule has 0 amide bonds. The molecule has 5 nitrogen and oxygen atoms in total. The molecule has 0 aliphatic carbocycles.